The standard InChI is InChI=1S/C10H8Cl4O4/c11-5-3-1(7(15)16)2(8(17)18)4-6(12)9(3,13)10(4,5)14/h1-6H,(H,15,16)(H,17,18)/t1-,2-,3-,4-,5-,6-,9-,10-/m0/s1. The molecule has 0 aromatic heterocycles. The minimum absolute atomic E-state index is 0.659. The average Bonchev–Trinajstić information content (AvgIpc) is 2.29. The summed E-state index contributed by atoms with van der Waals surface area (Å²) in [5.74, 6) is -6.13. The molecule has 0 aromatic rings. The van der Waals surface area contributed by atoms with Gasteiger partial charge in [0, 0.05) is 11.8 Å². The van der Waals surface area contributed by atoms with E-state index in [1.54, 1.807) is 0 Å². The van der Waals surface area contributed by atoms with E-state index in [0.717, 1.165) is 0 Å². The Morgan fingerprint density at radius 3 is 1.33 bits per heavy atom. The Morgan fingerprint density at radius 2 is 1.11 bits per heavy atom. The van der Waals surface area contributed by atoms with E-state index < -0.39 is 56.1 Å². The minimum Gasteiger partial charge on any atom is -0.481 e. The van der Waals surface area contributed by atoms with Gasteiger partial charge in [-0.1, -0.05) is 0 Å². The Hall–Kier alpha value is 0.1000. The molecule has 0 aliphatic heterocycles. The molecule has 100 valence electrons. The maximum atomic E-state index is 11.3. The van der Waals surface area contributed by atoms with E-state index in [-0.39, 0.29) is 0 Å². The number of carboxylic acid groups (broad SMARTS) is 2. The summed E-state index contributed by atoms with van der Waals surface area (Å²) < 4.78 is 0. The third kappa shape index (κ3) is 0.983. The van der Waals surface area contributed by atoms with Gasteiger partial charge in [-0.2, -0.15) is 0 Å². The van der Waals surface area contributed by atoms with E-state index in [9.17, 15) is 19.8 Å². The smallest absolute Gasteiger partial charge is 0.307 e. The normalized spacial score (nSPS) is 60.4. The van der Waals surface area contributed by atoms with Gasteiger partial charge in [0.15, 0.2) is 0 Å². The number of aliphatic carboxylic acids is 2. The van der Waals surface area contributed by atoms with E-state index >= 15 is 0 Å². The van der Waals surface area contributed by atoms with Crippen LogP contribution in [0.1, 0.15) is 0 Å². The van der Waals surface area contributed by atoms with Gasteiger partial charge in [-0.3, -0.25) is 9.59 Å². The lowest BCUT2D eigenvalue weighted by Gasteiger charge is -2.81. The van der Waals surface area contributed by atoms with Crippen molar-refractivity contribution in [1.82, 2.24) is 0 Å². The zero-order valence-corrected chi connectivity index (χ0v) is 11.7. The van der Waals surface area contributed by atoms with Crippen LogP contribution < -0.4 is 0 Å². The highest BCUT2D eigenvalue weighted by atomic mass is 35.5. The monoisotopic (exact) mass is 332 g/mol. The van der Waals surface area contributed by atoms with Crippen molar-refractivity contribution < 1.29 is 19.8 Å². The van der Waals surface area contributed by atoms with Gasteiger partial charge in [0.05, 0.1) is 32.3 Å². The number of carbonyl (C=O) groups is 2. The Kier molecular flexibility index (Phi) is 2.48. The van der Waals surface area contributed by atoms with Gasteiger partial charge in [0.1, 0.15) is 0 Å². The minimum atomic E-state index is -1.21. The first-order valence-electron chi connectivity index (χ1n) is 5.32. The van der Waals surface area contributed by atoms with Crippen molar-refractivity contribution in [3.63, 3.8) is 0 Å². The first-order valence-corrected chi connectivity index (χ1v) is 6.95. The molecular weight excluding hydrogens is 326 g/mol. The number of alkyl halides is 4. The van der Waals surface area contributed by atoms with Gasteiger partial charge in [-0.25, -0.2) is 0 Å². The van der Waals surface area contributed by atoms with Gasteiger partial charge >= 0.3 is 11.9 Å². The van der Waals surface area contributed by atoms with Crippen molar-refractivity contribution in [2.24, 2.45) is 23.7 Å². The predicted octanol–water partition coefficient (Wildman–Crippen LogP) is 1.83. The van der Waals surface area contributed by atoms with E-state index in [1.165, 1.54) is 0 Å². The van der Waals surface area contributed by atoms with Crippen LogP contribution in [-0.4, -0.2) is 42.7 Å². The molecule has 5 fully saturated rings. The van der Waals surface area contributed by atoms with Crippen molar-refractivity contribution in [2.45, 2.75) is 20.5 Å². The highest BCUT2D eigenvalue weighted by Gasteiger charge is 2.92. The molecule has 5 rings (SSSR count). The third-order valence-corrected chi connectivity index (χ3v) is 7.87. The molecule has 0 aromatic carbocycles. The second-order valence-corrected chi connectivity index (χ2v) is 7.31. The molecule has 5 aliphatic rings. The Labute approximate surface area is 122 Å². The predicted molar refractivity (Wildman–Crippen MR) is 65.7 cm³/mol. The van der Waals surface area contributed by atoms with Crippen LogP contribution in [0, 0.1) is 23.7 Å². The molecule has 0 radical (unpaired) electrons. The van der Waals surface area contributed by atoms with E-state index in [1.807, 2.05) is 0 Å². The summed E-state index contributed by atoms with van der Waals surface area (Å²) in [4.78, 5) is 20.4. The quantitative estimate of drug-likeness (QED) is 0.756. The first-order chi connectivity index (χ1) is 8.20. The van der Waals surface area contributed by atoms with Crippen LogP contribution in [0.15, 0.2) is 0 Å². The Bertz CT molecular complexity index is 429. The SMILES string of the molecule is O=C(O)[C@H]1[C@H](C(=O)O)[C@H]2[C@H](Cl)[C@@]3(Cl)[C@@H]1[C@H](Cl)[C@@]23Cl. The molecule has 5 saturated carbocycles. The number of halogens is 4. The van der Waals surface area contributed by atoms with Crippen LogP contribution in [0.4, 0.5) is 0 Å². The third-order valence-electron chi connectivity index (χ3n) is 4.72. The van der Waals surface area contributed by atoms with Crippen molar-refractivity contribution in [2.75, 3.05) is 0 Å². The topological polar surface area (TPSA) is 74.6 Å². The summed E-state index contributed by atoms with van der Waals surface area (Å²) in [5, 5.41) is 17.1. The van der Waals surface area contributed by atoms with Crippen molar-refractivity contribution >= 4 is 58.3 Å². The number of rotatable bonds is 2. The molecule has 0 unspecified atom stereocenters. The zero-order chi connectivity index (χ0) is 13.6. The molecule has 2 N–H and O–H groups in total. The maximum Gasteiger partial charge on any atom is 0.307 e. The molecule has 4 nitrogen and oxygen atoms in total. The molecule has 0 heterocycles. The lowest BCUT2D eigenvalue weighted by atomic mass is 9.34. The van der Waals surface area contributed by atoms with Crippen LogP contribution in [0.3, 0.4) is 0 Å². The summed E-state index contributed by atoms with van der Waals surface area (Å²) in [6.07, 6.45) is 0. The van der Waals surface area contributed by atoms with Gasteiger partial charge in [0.2, 0.25) is 0 Å². The zero-order valence-electron chi connectivity index (χ0n) is 8.69. The molecule has 8 atom stereocenters. The fourth-order valence-electron chi connectivity index (χ4n) is 4.01. The maximum absolute atomic E-state index is 11.3. The van der Waals surface area contributed by atoms with E-state index in [2.05, 4.69) is 0 Å². The summed E-state index contributed by atoms with van der Waals surface area (Å²) in [7, 11) is 0. The number of carboxylic acids is 2. The second-order valence-electron chi connectivity index (χ2n) is 5.12. The van der Waals surface area contributed by atoms with E-state index in [4.69, 9.17) is 46.4 Å². The summed E-state index contributed by atoms with van der Waals surface area (Å²) in [6, 6.07) is 0. The first kappa shape index (κ1) is 13.1. The summed E-state index contributed by atoms with van der Waals surface area (Å²) >= 11 is 24.9. The summed E-state index contributed by atoms with van der Waals surface area (Å²) in [5.41, 5.74) is 0. The van der Waals surface area contributed by atoms with Crippen molar-refractivity contribution in [3.8, 4) is 0 Å². The largest absolute Gasteiger partial charge is 0.481 e. The van der Waals surface area contributed by atoms with Crippen molar-refractivity contribution in [1.29, 1.82) is 0 Å². The van der Waals surface area contributed by atoms with Gasteiger partial charge < -0.3 is 10.2 Å². The number of hydrogen-bond acceptors (Lipinski definition) is 2. The molecule has 4 bridgehead atoms. The Balaban J connectivity index is 2.11. The molecule has 0 spiro atoms. The molecule has 0 amide bonds. The molecule has 5 aliphatic carbocycles. The van der Waals surface area contributed by atoms with Crippen LogP contribution in [0.2, 0.25) is 0 Å². The lowest BCUT2D eigenvalue weighted by molar-refractivity contribution is -0.199. The van der Waals surface area contributed by atoms with Gasteiger partial charge in [-0.05, 0) is 0 Å². The Morgan fingerprint density at radius 1 is 0.833 bits per heavy atom. The molecule has 0 saturated heterocycles. The highest BCUT2D eigenvalue weighted by molar-refractivity contribution is 6.49. The van der Waals surface area contributed by atoms with Crippen LogP contribution in [0.25, 0.3) is 0 Å². The van der Waals surface area contributed by atoms with Gasteiger partial charge in [-0.15, -0.1) is 46.4 Å². The molecule has 8 heteroatoms. The van der Waals surface area contributed by atoms with Crippen molar-refractivity contribution in [3.05, 3.63) is 0 Å². The fourth-order valence-corrected chi connectivity index (χ4v) is 6.89. The highest BCUT2D eigenvalue weighted by Crippen LogP contribution is 2.81. The fraction of sp³-hybridized carbons (Fsp3) is 0.800. The summed E-state index contributed by atoms with van der Waals surface area (Å²) in [6.45, 7) is 0. The van der Waals surface area contributed by atoms with Crippen LogP contribution >= 0.6 is 46.4 Å². The number of hydrogen-bond donors (Lipinski definition) is 2. The van der Waals surface area contributed by atoms with Gasteiger partial charge in [0.25, 0.3) is 0 Å². The molecular formula is C10H8Cl4O4. The second kappa shape index (κ2) is 3.40. The lowest BCUT2D eigenvalue weighted by Crippen LogP contribution is -2.94. The van der Waals surface area contributed by atoms with E-state index in [0.29, 0.717) is 0 Å². The van der Waals surface area contributed by atoms with Crippen LogP contribution in [-0.2, 0) is 9.59 Å². The van der Waals surface area contributed by atoms with Crippen LogP contribution in [0.5, 0.6) is 0 Å². The molecule has 18 heavy (non-hydrogen) atoms. The average molecular weight is 334 g/mol.